The zero-order valence-electron chi connectivity index (χ0n) is 5.37. The lowest BCUT2D eigenvalue weighted by Crippen LogP contribution is -2.38. The molecule has 0 fully saturated rings. The molecule has 0 aromatic carbocycles. The third kappa shape index (κ3) is 1.24. The maximum Gasteiger partial charge on any atom is 0.115 e. The summed E-state index contributed by atoms with van der Waals surface area (Å²) in [6.45, 7) is -0.253. The summed E-state index contributed by atoms with van der Waals surface area (Å²) in [4.78, 5) is -1.01. The summed E-state index contributed by atoms with van der Waals surface area (Å²) in [6, 6.07) is 0. The molecule has 2 nitrogen and oxygen atoms in total. The maximum absolute atomic E-state index is 9.20. The van der Waals surface area contributed by atoms with Crippen LogP contribution in [0.4, 0.5) is 0 Å². The lowest BCUT2D eigenvalue weighted by atomic mass is 9.98. The predicted octanol–water partition coefficient (Wildman–Crippen LogP) is 0.443. The predicted molar refractivity (Wildman–Crippen MR) is 40.0 cm³/mol. The van der Waals surface area contributed by atoms with Gasteiger partial charge in [0.05, 0.1) is 12.7 Å². The second-order valence-electron chi connectivity index (χ2n) is 2.27. The van der Waals surface area contributed by atoms with Crippen LogP contribution in [0.15, 0.2) is 24.3 Å². The van der Waals surface area contributed by atoms with E-state index in [-0.39, 0.29) is 6.61 Å². The van der Waals surface area contributed by atoms with E-state index in [1.165, 1.54) is 0 Å². The lowest BCUT2D eigenvalue weighted by molar-refractivity contribution is 0.141. The second kappa shape index (κ2) is 2.74. The third-order valence-electron chi connectivity index (χ3n) is 1.51. The van der Waals surface area contributed by atoms with Gasteiger partial charge in [-0.15, -0.1) is 11.6 Å². The van der Waals surface area contributed by atoms with Crippen molar-refractivity contribution in [3.8, 4) is 0 Å². The van der Waals surface area contributed by atoms with E-state index in [1.54, 1.807) is 24.3 Å². The SMILES string of the molecule is OCC1(Cl)C=CC=CC1O. The Labute approximate surface area is 64.4 Å². The van der Waals surface area contributed by atoms with E-state index < -0.39 is 11.0 Å². The number of halogens is 1. The van der Waals surface area contributed by atoms with Gasteiger partial charge in [0, 0.05) is 0 Å². The van der Waals surface area contributed by atoms with Gasteiger partial charge in [-0.3, -0.25) is 0 Å². The molecular formula is C7H9ClO2. The fourth-order valence-electron chi connectivity index (χ4n) is 0.790. The first-order valence-electron chi connectivity index (χ1n) is 3.03. The second-order valence-corrected chi connectivity index (χ2v) is 2.98. The van der Waals surface area contributed by atoms with Gasteiger partial charge in [0.1, 0.15) is 4.87 Å². The number of aliphatic hydroxyl groups excluding tert-OH is 2. The van der Waals surface area contributed by atoms with Gasteiger partial charge in [-0.1, -0.05) is 24.3 Å². The molecule has 1 aliphatic carbocycles. The molecular weight excluding hydrogens is 152 g/mol. The summed E-state index contributed by atoms with van der Waals surface area (Å²) >= 11 is 5.77. The number of rotatable bonds is 1. The van der Waals surface area contributed by atoms with Gasteiger partial charge in [0.15, 0.2) is 0 Å². The molecule has 1 aliphatic rings. The molecule has 0 amide bonds. The van der Waals surface area contributed by atoms with E-state index in [0.29, 0.717) is 0 Å². The number of alkyl halides is 1. The van der Waals surface area contributed by atoms with E-state index in [4.69, 9.17) is 16.7 Å². The van der Waals surface area contributed by atoms with Crippen molar-refractivity contribution in [3.05, 3.63) is 24.3 Å². The van der Waals surface area contributed by atoms with Crippen LogP contribution in [-0.2, 0) is 0 Å². The summed E-state index contributed by atoms with van der Waals surface area (Å²) < 4.78 is 0. The number of allylic oxidation sites excluding steroid dienone is 2. The van der Waals surface area contributed by atoms with Gasteiger partial charge in [-0.05, 0) is 0 Å². The molecule has 0 saturated carbocycles. The largest absolute Gasteiger partial charge is 0.394 e. The highest BCUT2D eigenvalue weighted by Crippen LogP contribution is 2.24. The monoisotopic (exact) mass is 160 g/mol. The van der Waals surface area contributed by atoms with Crippen LogP contribution < -0.4 is 0 Å². The highest BCUT2D eigenvalue weighted by molar-refractivity contribution is 6.26. The first-order chi connectivity index (χ1) is 4.69. The topological polar surface area (TPSA) is 40.5 Å². The Morgan fingerprint density at radius 2 is 2.20 bits per heavy atom. The van der Waals surface area contributed by atoms with Crippen molar-refractivity contribution in [2.24, 2.45) is 0 Å². The quantitative estimate of drug-likeness (QED) is 0.547. The average Bonchev–Trinajstić information content (AvgIpc) is 1.96. The fourth-order valence-corrected chi connectivity index (χ4v) is 0.935. The average molecular weight is 161 g/mol. The van der Waals surface area contributed by atoms with Crippen molar-refractivity contribution in [1.29, 1.82) is 0 Å². The number of hydrogen-bond acceptors (Lipinski definition) is 2. The highest BCUT2D eigenvalue weighted by atomic mass is 35.5. The van der Waals surface area contributed by atoms with Crippen LogP contribution in [0.5, 0.6) is 0 Å². The van der Waals surface area contributed by atoms with Crippen LogP contribution in [-0.4, -0.2) is 27.8 Å². The molecule has 0 spiro atoms. The standard InChI is InChI=1S/C7H9ClO2/c8-7(5-9)4-2-1-3-6(7)10/h1-4,6,9-10H,5H2. The Hall–Kier alpha value is -0.310. The third-order valence-corrected chi connectivity index (χ3v) is 1.98. The summed E-state index contributed by atoms with van der Waals surface area (Å²) in [5.74, 6) is 0. The molecule has 0 aromatic heterocycles. The molecule has 0 bridgehead atoms. The smallest absolute Gasteiger partial charge is 0.115 e. The fraction of sp³-hybridized carbons (Fsp3) is 0.429. The van der Waals surface area contributed by atoms with Crippen LogP contribution in [0.3, 0.4) is 0 Å². The van der Waals surface area contributed by atoms with Gasteiger partial charge in [0.25, 0.3) is 0 Å². The van der Waals surface area contributed by atoms with E-state index in [1.807, 2.05) is 0 Å². The highest BCUT2D eigenvalue weighted by Gasteiger charge is 2.31. The molecule has 10 heavy (non-hydrogen) atoms. The van der Waals surface area contributed by atoms with Gasteiger partial charge in [-0.2, -0.15) is 0 Å². The summed E-state index contributed by atoms with van der Waals surface area (Å²) in [6.07, 6.45) is 5.74. The van der Waals surface area contributed by atoms with E-state index in [2.05, 4.69) is 0 Å². The normalized spacial score (nSPS) is 38.5. The Morgan fingerprint density at radius 1 is 1.50 bits per heavy atom. The maximum atomic E-state index is 9.20. The minimum Gasteiger partial charge on any atom is -0.394 e. The molecule has 0 radical (unpaired) electrons. The molecule has 2 unspecified atom stereocenters. The van der Waals surface area contributed by atoms with Crippen LogP contribution in [0, 0.1) is 0 Å². The summed E-state index contributed by atoms with van der Waals surface area (Å²) in [5, 5.41) is 17.9. The van der Waals surface area contributed by atoms with Crippen LogP contribution >= 0.6 is 11.6 Å². The van der Waals surface area contributed by atoms with Crippen LogP contribution in [0.25, 0.3) is 0 Å². The Morgan fingerprint density at radius 3 is 2.60 bits per heavy atom. The van der Waals surface area contributed by atoms with Crippen molar-refractivity contribution < 1.29 is 10.2 Å². The Kier molecular flexibility index (Phi) is 2.14. The van der Waals surface area contributed by atoms with Crippen molar-refractivity contribution in [3.63, 3.8) is 0 Å². The Balaban J connectivity index is 2.77. The first-order valence-corrected chi connectivity index (χ1v) is 3.41. The first kappa shape index (κ1) is 7.79. The van der Waals surface area contributed by atoms with Gasteiger partial charge in [0.2, 0.25) is 0 Å². The Bertz CT molecular complexity index is 176. The van der Waals surface area contributed by atoms with E-state index in [0.717, 1.165) is 0 Å². The molecule has 0 aromatic rings. The molecule has 1 rings (SSSR count). The number of hydrogen-bond donors (Lipinski definition) is 2. The van der Waals surface area contributed by atoms with Crippen LogP contribution in [0.1, 0.15) is 0 Å². The summed E-state index contributed by atoms with van der Waals surface area (Å²) in [7, 11) is 0. The lowest BCUT2D eigenvalue weighted by Gasteiger charge is -2.26. The van der Waals surface area contributed by atoms with E-state index in [9.17, 15) is 5.11 Å². The number of aliphatic hydroxyl groups is 2. The van der Waals surface area contributed by atoms with Crippen molar-refractivity contribution >= 4 is 11.6 Å². The van der Waals surface area contributed by atoms with Gasteiger partial charge < -0.3 is 10.2 Å². The minimum absolute atomic E-state index is 0.253. The summed E-state index contributed by atoms with van der Waals surface area (Å²) in [5.41, 5.74) is 0. The van der Waals surface area contributed by atoms with Crippen LogP contribution in [0.2, 0.25) is 0 Å². The molecule has 2 atom stereocenters. The molecule has 3 heteroatoms. The van der Waals surface area contributed by atoms with E-state index >= 15 is 0 Å². The van der Waals surface area contributed by atoms with Gasteiger partial charge in [-0.25, -0.2) is 0 Å². The molecule has 0 saturated heterocycles. The van der Waals surface area contributed by atoms with Crippen molar-refractivity contribution in [2.75, 3.05) is 6.61 Å². The molecule has 2 N–H and O–H groups in total. The molecule has 0 aliphatic heterocycles. The van der Waals surface area contributed by atoms with Gasteiger partial charge >= 0.3 is 0 Å². The zero-order chi connectivity index (χ0) is 7.61. The molecule has 0 heterocycles. The zero-order valence-corrected chi connectivity index (χ0v) is 6.12. The minimum atomic E-state index is -1.01. The molecule has 56 valence electrons. The van der Waals surface area contributed by atoms with Crippen molar-refractivity contribution in [2.45, 2.75) is 11.0 Å². The van der Waals surface area contributed by atoms with Crippen molar-refractivity contribution in [1.82, 2.24) is 0 Å².